The Labute approximate surface area is 230 Å². The van der Waals surface area contributed by atoms with E-state index in [1.807, 2.05) is 30.3 Å². The Morgan fingerprint density at radius 2 is 1.77 bits per heavy atom. The first-order valence-electron chi connectivity index (χ1n) is 13.1. The molecular weight excluding hydrogens is 517 g/mol. The molecule has 4 aromatic rings. The molecule has 9 heteroatoms. The minimum atomic E-state index is -4.52. The highest BCUT2D eigenvalue weighted by atomic mass is 19.4. The number of carbonyl (C=O) groups is 1. The van der Waals surface area contributed by atoms with Crippen LogP contribution in [0.4, 0.5) is 24.5 Å². The molecule has 1 amide bonds. The predicted octanol–water partition coefficient (Wildman–Crippen LogP) is 6.60. The molecule has 1 aromatic heterocycles. The van der Waals surface area contributed by atoms with Gasteiger partial charge in [0.05, 0.1) is 36.4 Å². The third-order valence-corrected chi connectivity index (χ3v) is 6.88. The van der Waals surface area contributed by atoms with Crippen molar-refractivity contribution < 1.29 is 22.7 Å². The maximum atomic E-state index is 13.0. The van der Waals surface area contributed by atoms with E-state index < -0.39 is 17.6 Å². The van der Waals surface area contributed by atoms with E-state index in [4.69, 9.17) is 9.72 Å². The number of aromatic nitrogens is 2. The van der Waals surface area contributed by atoms with Crippen LogP contribution < -0.4 is 10.2 Å². The first-order chi connectivity index (χ1) is 19.3. The zero-order valence-corrected chi connectivity index (χ0v) is 22.0. The van der Waals surface area contributed by atoms with Crippen LogP contribution in [-0.4, -0.2) is 42.2 Å². The van der Waals surface area contributed by atoms with E-state index in [2.05, 4.69) is 34.3 Å². The fourth-order valence-electron chi connectivity index (χ4n) is 4.72. The normalized spacial score (nSPS) is 14.6. The van der Waals surface area contributed by atoms with Gasteiger partial charge in [-0.3, -0.25) is 9.78 Å². The SMILES string of the molecule is C[C@H](Cc1cncc(-c2cccc(N3CCOCC3)c2)n1)c1cccc(NC(=O)c2cccc(C(F)(F)F)c2)c1. The number of alkyl halides is 3. The minimum Gasteiger partial charge on any atom is -0.378 e. The first-order valence-corrected chi connectivity index (χ1v) is 13.1. The molecule has 206 valence electrons. The van der Waals surface area contributed by atoms with Crippen LogP contribution >= 0.6 is 0 Å². The number of halogens is 3. The summed E-state index contributed by atoms with van der Waals surface area (Å²) in [5.74, 6) is -0.552. The summed E-state index contributed by atoms with van der Waals surface area (Å²) in [6.45, 7) is 5.19. The van der Waals surface area contributed by atoms with E-state index in [0.29, 0.717) is 25.3 Å². The van der Waals surface area contributed by atoms with Crippen LogP contribution in [0.2, 0.25) is 0 Å². The molecule has 0 aliphatic carbocycles. The summed E-state index contributed by atoms with van der Waals surface area (Å²) in [6.07, 6.45) is -0.381. The van der Waals surface area contributed by atoms with E-state index in [1.165, 1.54) is 12.1 Å². The van der Waals surface area contributed by atoms with E-state index in [9.17, 15) is 18.0 Å². The van der Waals surface area contributed by atoms with Gasteiger partial charge in [-0.2, -0.15) is 13.2 Å². The standard InChI is InChI=1S/C31H29F3N4O2/c1-21(22-5-3-9-26(17-22)37-30(39)24-7-2-8-25(16-24)31(32,33)34)15-27-19-35-20-29(36-27)23-6-4-10-28(18-23)38-11-13-40-14-12-38/h2-10,16-21H,11-15H2,1H3,(H,37,39)/t21-/m1/s1. The number of nitrogens with one attached hydrogen (secondary N) is 1. The Kier molecular flexibility index (Phi) is 8.11. The number of amides is 1. The van der Waals surface area contributed by atoms with E-state index in [1.54, 1.807) is 18.5 Å². The molecule has 1 fully saturated rings. The summed E-state index contributed by atoms with van der Waals surface area (Å²) in [5.41, 5.74) is 4.30. The molecule has 1 atom stereocenters. The first kappa shape index (κ1) is 27.3. The largest absolute Gasteiger partial charge is 0.416 e. The summed E-state index contributed by atoms with van der Waals surface area (Å²) < 4.78 is 44.6. The molecule has 5 rings (SSSR count). The van der Waals surface area contributed by atoms with Gasteiger partial charge in [0.1, 0.15) is 0 Å². The zero-order valence-electron chi connectivity index (χ0n) is 22.0. The Morgan fingerprint density at radius 1 is 1.00 bits per heavy atom. The Balaban J connectivity index is 1.27. The monoisotopic (exact) mass is 546 g/mol. The highest BCUT2D eigenvalue weighted by Gasteiger charge is 2.31. The second kappa shape index (κ2) is 11.9. The number of nitrogens with zero attached hydrogens (tertiary/aromatic N) is 3. The van der Waals surface area contributed by atoms with Crippen molar-refractivity contribution in [1.29, 1.82) is 0 Å². The summed E-state index contributed by atoms with van der Waals surface area (Å²) in [5, 5.41) is 2.71. The van der Waals surface area contributed by atoms with Gasteiger partial charge in [0, 0.05) is 41.8 Å². The van der Waals surface area contributed by atoms with Crippen LogP contribution in [0.25, 0.3) is 11.3 Å². The Hall–Kier alpha value is -4.24. The number of hydrogen-bond acceptors (Lipinski definition) is 5. The van der Waals surface area contributed by atoms with Gasteiger partial charge in [-0.1, -0.05) is 37.3 Å². The molecule has 0 bridgehead atoms. The summed E-state index contributed by atoms with van der Waals surface area (Å²) >= 11 is 0. The number of hydrogen-bond donors (Lipinski definition) is 1. The van der Waals surface area contributed by atoms with Gasteiger partial charge >= 0.3 is 6.18 Å². The Morgan fingerprint density at radius 3 is 2.58 bits per heavy atom. The van der Waals surface area contributed by atoms with Gasteiger partial charge in [0.25, 0.3) is 5.91 Å². The van der Waals surface area contributed by atoms with E-state index in [-0.39, 0.29) is 11.5 Å². The predicted molar refractivity (Wildman–Crippen MR) is 148 cm³/mol. The zero-order chi connectivity index (χ0) is 28.1. The van der Waals surface area contributed by atoms with E-state index in [0.717, 1.165) is 53.4 Å². The lowest BCUT2D eigenvalue weighted by Gasteiger charge is -2.29. The van der Waals surface area contributed by atoms with Crippen LogP contribution in [0.3, 0.4) is 0 Å². The molecule has 1 aliphatic heterocycles. The number of anilines is 2. The number of ether oxygens (including phenoxy) is 1. The molecule has 1 N–H and O–H groups in total. The van der Waals surface area contributed by atoms with Gasteiger partial charge in [-0.25, -0.2) is 4.98 Å². The van der Waals surface area contributed by atoms with Crippen molar-refractivity contribution in [3.63, 3.8) is 0 Å². The minimum absolute atomic E-state index is 0.0506. The molecule has 2 heterocycles. The second-order valence-corrected chi connectivity index (χ2v) is 9.81. The second-order valence-electron chi connectivity index (χ2n) is 9.81. The number of carbonyl (C=O) groups excluding carboxylic acids is 1. The van der Waals surface area contributed by atoms with Crippen LogP contribution in [0, 0.1) is 0 Å². The molecule has 0 spiro atoms. The molecule has 1 saturated heterocycles. The Bertz CT molecular complexity index is 1490. The fraction of sp³-hybridized carbons (Fsp3) is 0.258. The lowest BCUT2D eigenvalue weighted by atomic mass is 9.95. The highest BCUT2D eigenvalue weighted by molar-refractivity contribution is 6.04. The van der Waals surface area contributed by atoms with E-state index >= 15 is 0 Å². The van der Waals surface area contributed by atoms with Gasteiger partial charge in [-0.15, -0.1) is 0 Å². The van der Waals surface area contributed by atoms with Crippen molar-refractivity contribution in [3.05, 3.63) is 108 Å². The molecule has 6 nitrogen and oxygen atoms in total. The van der Waals surface area contributed by atoms with Crippen LogP contribution in [0.5, 0.6) is 0 Å². The van der Waals surface area contributed by atoms with Crippen LogP contribution in [0.15, 0.2) is 85.2 Å². The average molecular weight is 547 g/mol. The number of rotatable bonds is 7. The molecule has 3 aromatic carbocycles. The lowest BCUT2D eigenvalue weighted by Crippen LogP contribution is -2.36. The van der Waals surface area contributed by atoms with Gasteiger partial charge in [0.2, 0.25) is 0 Å². The average Bonchev–Trinajstić information content (AvgIpc) is 2.97. The molecule has 0 radical (unpaired) electrons. The molecule has 40 heavy (non-hydrogen) atoms. The van der Waals surface area contributed by atoms with Crippen molar-refractivity contribution in [2.24, 2.45) is 0 Å². The topological polar surface area (TPSA) is 67.3 Å². The van der Waals surface area contributed by atoms with Gasteiger partial charge in [-0.05, 0) is 60.4 Å². The van der Waals surface area contributed by atoms with Crippen molar-refractivity contribution in [1.82, 2.24) is 9.97 Å². The smallest absolute Gasteiger partial charge is 0.378 e. The van der Waals surface area contributed by atoms with Crippen molar-refractivity contribution in [2.45, 2.75) is 25.4 Å². The maximum absolute atomic E-state index is 13.0. The third kappa shape index (κ3) is 6.66. The quantitative estimate of drug-likeness (QED) is 0.283. The maximum Gasteiger partial charge on any atom is 0.416 e. The van der Waals surface area contributed by atoms with Gasteiger partial charge < -0.3 is 15.0 Å². The van der Waals surface area contributed by atoms with Crippen LogP contribution in [0.1, 0.15) is 40.0 Å². The highest BCUT2D eigenvalue weighted by Crippen LogP contribution is 2.30. The van der Waals surface area contributed by atoms with Crippen molar-refractivity contribution in [3.8, 4) is 11.3 Å². The fourth-order valence-corrected chi connectivity index (χ4v) is 4.72. The molecular formula is C31H29F3N4O2. The molecule has 0 unspecified atom stereocenters. The molecule has 1 aliphatic rings. The lowest BCUT2D eigenvalue weighted by molar-refractivity contribution is -0.137. The van der Waals surface area contributed by atoms with Crippen molar-refractivity contribution in [2.75, 3.05) is 36.5 Å². The van der Waals surface area contributed by atoms with Gasteiger partial charge in [0.15, 0.2) is 0 Å². The summed E-state index contributed by atoms with van der Waals surface area (Å²) in [4.78, 5) is 24.3. The third-order valence-electron chi connectivity index (χ3n) is 6.88. The number of benzene rings is 3. The van der Waals surface area contributed by atoms with Crippen LogP contribution in [-0.2, 0) is 17.3 Å². The summed E-state index contributed by atoms with van der Waals surface area (Å²) in [7, 11) is 0. The summed E-state index contributed by atoms with van der Waals surface area (Å²) in [6, 6.07) is 20.0. The van der Waals surface area contributed by atoms with Crippen molar-refractivity contribution >= 4 is 17.3 Å². The number of morpholine rings is 1. The molecule has 0 saturated carbocycles.